The predicted octanol–water partition coefficient (Wildman–Crippen LogP) is 2.87. The number of alkyl halides is 3. The third kappa shape index (κ3) is 2.73. The molecule has 0 amide bonds. The molecule has 0 spiro atoms. The lowest BCUT2D eigenvalue weighted by Gasteiger charge is -2.08. The zero-order chi connectivity index (χ0) is 14.0. The van der Waals surface area contributed by atoms with Gasteiger partial charge in [0.1, 0.15) is 0 Å². The number of nitrogens with one attached hydrogen (secondary N) is 1. The van der Waals surface area contributed by atoms with Crippen LogP contribution in [-0.2, 0) is 6.18 Å². The Bertz CT molecular complexity index is 674. The van der Waals surface area contributed by atoms with E-state index in [1.54, 1.807) is 0 Å². The number of H-pyrrole nitrogens is 1. The second kappa shape index (κ2) is 4.72. The average Bonchev–Trinajstić information content (AvgIpc) is 2.37. The maximum absolute atomic E-state index is 12.6. The molecule has 0 bridgehead atoms. The number of hydrogen-bond acceptors (Lipinski definition) is 2. The van der Waals surface area contributed by atoms with E-state index in [0.29, 0.717) is 6.29 Å². The molecule has 0 aliphatic heterocycles. The van der Waals surface area contributed by atoms with Gasteiger partial charge < -0.3 is 4.98 Å². The molecule has 0 saturated carbocycles. The van der Waals surface area contributed by atoms with Crippen LogP contribution >= 0.6 is 0 Å². The lowest BCUT2D eigenvalue weighted by Crippen LogP contribution is -2.11. The number of aldehydes is 1. The number of carbonyl (C=O) groups is 1. The molecule has 0 radical (unpaired) electrons. The van der Waals surface area contributed by atoms with E-state index in [-0.39, 0.29) is 16.8 Å². The molecule has 0 aliphatic rings. The van der Waals surface area contributed by atoms with Gasteiger partial charge in [-0.3, -0.25) is 9.59 Å². The van der Waals surface area contributed by atoms with E-state index in [4.69, 9.17) is 0 Å². The number of benzene rings is 1. The monoisotopic (exact) mass is 267 g/mol. The number of aromatic nitrogens is 1. The second-order valence-corrected chi connectivity index (χ2v) is 3.85. The van der Waals surface area contributed by atoms with Crippen LogP contribution < -0.4 is 5.56 Å². The smallest absolute Gasteiger partial charge is 0.319 e. The number of carbonyl (C=O) groups excluding carboxylic acids is 1. The Labute approximate surface area is 105 Å². The van der Waals surface area contributed by atoms with Crippen molar-refractivity contribution in [1.29, 1.82) is 0 Å². The van der Waals surface area contributed by atoms with Gasteiger partial charge in [-0.1, -0.05) is 12.1 Å². The van der Waals surface area contributed by atoms with Gasteiger partial charge >= 0.3 is 6.18 Å². The Hall–Kier alpha value is -2.37. The minimum atomic E-state index is -4.47. The van der Waals surface area contributed by atoms with Crippen LogP contribution in [0.15, 0.2) is 41.2 Å². The van der Waals surface area contributed by atoms with Gasteiger partial charge in [0.25, 0.3) is 5.56 Å². The lowest BCUT2D eigenvalue weighted by atomic mass is 10.0. The molecule has 2 aromatic rings. The van der Waals surface area contributed by atoms with Crippen LogP contribution in [0.5, 0.6) is 0 Å². The third-order valence-electron chi connectivity index (χ3n) is 2.56. The summed E-state index contributed by atoms with van der Waals surface area (Å²) in [5, 5.41) is 0. The Balaban J connectivity index is 2.54. The summed E-state index contributed by atoms with van der Waals surface area (Å²) in [6, 6.07) is 7.11. The van der Waals surface area contributed by atoms with Crippen molar-refractivity contribution >= 4 is 6.29 Å². The van der Waals surface area contributed by atoms with Gasteiger partial charge in [-0.25, -0.2) is 0 Å². The summed E-state index contributed by atoms with van der Waals surface area (Å²) >= 11 is 0. The summed E-state index contributed by atoms with van der Waals surface area (Å²) in [6.07, 6.45) is -4.01. The van der Waals surface area contributed by atoms with Crippen molar-refractivity contribution in [2.75, 3.05) is 0 Å². The van der Waals surface area contributed by atoms with E-state index >= 15 is 0 Å². The van der Waals surface area contributed by atoms with Crippen molar-refractivity contribution in [3.63, 3.8) is 0 Å². The second-order valence-electron chi connectivity index (χ2n) is 3.85. The van der Waals surface area contributed by atoms with Gasteiger partial charge in [-0.05, 0) is 29.8 Å². The van der Waals surface area contributed by atoms with E-state index < -0.39 is 17.3 Å². The quantitative estimate of drug-likeness (QED) is 0.850. The van der Waals surface area contributed by atoms with E-state index in [2.05, 4.69) is 4.98 Å². The summed E-state index contributed by atoms with van der Waals surface area (Å²) in [5.74, 6) is 0. The Morgan fingerprint density at radius 3 is 2.42 bits per heavy atom. The van der Waals surface area contributed by atoms with Crippen LogP contribution in [0.1, 0.15) is 16.1 Å². The number of rotatable bonds is 2. The largest absolute Gasteiger partial charge is 0.416 e. The zero-order valence-corrected chi connectivity index (χ0v) is 9.49. The molecular formula is C13H8F3NO2. The van der Waals surface area contributed by atoms with Crippen LogP contribution in [-0.4, -0.2) is 11.3 Å². The van der Waals surface area contributed by atoms with Crippen LogP contribution in [0, 0.1) is 0 Å². The molecule has 1 heterocycles. The van der Waals surface area contributed by atoms with Gasteiger partial charge in [0.2, 0.25) is 0 Å². The van der Waals surface area contributed by atoms with Crippen molar-refractivity contribution in [2.24, 2.45) is 0 Å². The van der Waals surface area contributed by atoms with Crippen LogP contribution in [0.3, 0.4) is 0 Å². The highest BCUT2D eigenvalue weighted by atomic mass is 19.4. The number of hydrogen-bond donors (Lipinski definition) is 1. The molecule has 1 aromatic carbocycles. The minimum absolute atomic E-state index is 0.0701. The summed E-state index contributed by atoms with van der Waals surface area (Å²) in [4.78, 5) is 24.4. The Morgan fingerprint density at radius 1 is 1.11 bits per heavy atom. The molecule has 1 N–H and O–H groups in total. The molecule has 1 aromatic heterocycles. The summed E-state index contributed by atoms with van der Waals surface area (Å²) in [7, 11) is 0. The van der Waals surface area contributed by atoms with Crippen LogP contribution in [0.25, 0.3) is 11.1 Å². The molecule has 0 saturated heterocycles. The summed E-state index contributed by atoms with van der Waals surface area (Å²) in [5.41, 5.74) is -1.14. The molecule has 0 fully saturated rings. The molecule has 98 valence electrons. The first-order valence-corrected chi connectivity index (χ1v) is 5.28. The van der Waals surface area contributed by atoms with E-state index in [0.717, 1.165) is 12.1 Å². The van der Waals surface area contributed by atoms with Gasteiger partial charge in [0.05, 0.1) is 11.3 Å². The van der Waals surface area contributed by atoms with Gasteiger partial charge in [0.15, 0.2) is 6.29 Å². The lowest BCUT2D eigenvalue weighted by molar-refractivity contribution is -0.137. The Kier molecular flexibility index (Phi) is 3.25. The first-order valence-electron chi connectivity index (χ1n) is 5.28. The first kappa shape index (κ1) is 13.1. The van der Waals surface area contributed by atoms with Gasteiger partial charge in [-0.2, -0.15) is 13.2 Å². The van der Waals surface area contributed by atoms with E-state index in [1.165, 1.54) is 24.3 Å². The number of pyridine rings is 1. The highest BCUT2D eigenvalue weighted by Crippen LogP contribution is 2.31. The molecule has 0 aliphatic carbocycles. The highest BCUT2D eigenvalue weighted by Gasteiger charge is 2.30. The van der Waals surface area contributed by atoms with Crippen molar-refractivity contribution in [2.45, 2.75) is 6.18 Å². The number of aromatic amines is 1. The first-order chi connectivity index (χ1) is 8.91. The predicted molar refractivity (Wildman–Crippen MR) is 62.9 cm³/mol. The Morgan fingerprint density at radius 2 is 1.84 bits per heavy atom. The zero-order valence-electron chi connectivity index (χ0n) is 9.49. The maximum atomic E-state index is 12.6. The maximum Gasteiger partial charge on any atom is 0.416 e. The topological polar surface area (TPSA) is 49.9 Å². The summed E-state index contributed by atoms with van der Waals surface area (Å²) in [6.45, 7) is 0. The van der Waals surface area contributed by atoms with Gasteiger partial charge in [-0.15, -0.1) is 0 Å². The van der Waals surface area contributed by atoms with Crippen molar-refractivity contribution < 1.29 is 18.0 Å². The molecule has 6 heteroatoms. The minimum Gasteiger partial charge on any atom is -0.319 e. The third-order valence-corrected chi connectivity index (χ3v) is 2.56. The molecule has 2 rings (SSSR count). The highest BCUT2D eigenvalue weighted by molar-refractivity contribution is 5.73. The van der Waals surface area contributed by atoms with E-state index in [9.17, 15) is 22.8 Å². The average molecular weight is 267 g/mol. The normalized spacial score (nSPS) is 11.3. The fourth-order valence-corrected chi connectivity index (χ4v) is 1.65. The fourth-order valence-electron chi connectivity index (χ4n) is 1.65. The van der Waals surface area contributed by atoms with Crippen molar-refractivity contribution in [1.82, 2.24) is 4.98 Å². The summed E-state index contributed by atoms with van der Waals surface area (Å²) < 4.78 is 37.7. The van der Waals surface area contributed by atoms with E-state index in [1.807, 2.05) is 0 Å². The SMILES string of the molecule is O=Cc1ccc(-c2cccc(C(F)(F)F)c2)c(=O)[nH]1. The van der Waals surface area contributed by atoms with Gasteiger partial charge in [0, 0.05) is 5.56 Å². The molecule has 19 heavy (non-hydrogen) atoms. The molecule has 0 unspecified atom stereocenters. The van der Waals surface area contributed by atoms with Crippen LogP contribution in [0.4, 0.5) is 13.2 Å². The standard InChI is InChI=1S/C13H8F3NO2/c14-13(15,16)9-3-1-2-8(6-9)11-5-4-10(7-18)17-12(11)19/h1-7H,(H,17,19). The van der Waals surface area contributed by atoms with Crippen molar-refractivity contribution in [3.8, 4) is 11.1 Å². The molecular weight excluding hydrogens is 259 g/mol. The molecule has 0 atom stereocenters. The fraction of sp³-hybridized carbons (Fsp3) is 0.0769. The molecule has 3 nitrogen and oxygen atoms in total. The van der Waals surface area contributed by atoms with Crippen LogP contribution in [0.2, 0.25) is 0 Å². The number of halogens is 3. The van der Waals surface area contributed by atoms with Crippen molar-refractivity contribution in [3.05, 3.63) is 58.0 Å².